The third kappa shape index (κ3) is 3.60. The molecular weight excluding hydrogens is 416 g/mol. The maximum absolute atomic E-state index is 13.2. The number of carbonyl (C=O) groups excluding carboxylic acids is 1. The van der Waals surface area contributed by atoms with Gasteiger partial charge < -0.3 is 4.74 Å². The lowest BCUT2D eigenvalue weighted by Gasteiger charge is -2.13. The Labute approximate surface area is 198 Å². The molecule has 0 atom stereocenters. The summed E-state index contributed by atoms with van der Waals surface area (Å²) >= 11 is 0. The number of allylic oxidation sites excluding steroid dienone is 1. The van der Waals surface area contributed by atoms with Crippen molar-refractivity contribution < 1.29 is 9.53 Å². The average molecular weight is 439 g/mol. The molecule has 0 bridgehead atoms. The molecule has 0 saturated carbocycles. The van der Waals surface area contributed by atoms with Crippen molar-refractivity contribution in [3.05, 3.63) is 132 Å². The first-order valence-electron chi connectivity index (χ1n) is 11.4. The van der Waals surface area contributed by atoms with E-state index >= 15 is 0 Å². The van der Waals surface area contributed by atoms with Crippen molar-refractivity contribution in [2.24, 2.45) is 0 Å². The summed E-state index contributed by atoms with van der Waals surface area (Å²) in [6.45, 7) is 0.419. The van der Waals surface area contributed by atoms with Crippen molar-refractivity contribution in [3.8, 4) is 5.75 Å². The topological polar surface area (TPSA) is 26.3 Å². The van der Waals surface area contributed by atoms with E-state index in [2.05, 4.69) is 54.6 Å². The molecule has 6 aromatic rings. The van der Waals surface area contributed by atoms with E-state index in [1.54, 1.807) is 6.08 Å². The molecule has 6 aromatic carbocycles. The van der Waals surface area contributed by atoms with Gasteiger partial charge in [-0.25, -0.2) is 0 Å². The first-order valence-corrected chi connectivity index (χ1v) is 11.4. The highest BCUT2D eigenvalue weighted by atomic mass is 16.5. The standard InChI is InChI=1S/C32H22O2/c33-29(28-13-4-5-15-30(28)34-21-22-8-2-1-3-9-22)19-18-25-20-26-12-6-10-23-16-17-24-11-7-14-27(25)32(24)31(23)26/h1-20H,21H2/b19-18-. The number of rotatable bonds is 6. The van der Waals surface area contributed by atoms with Gasteiger partial charge >= 0.3 is 0 Å². The van der Waals surface area contributed by atoms with Gasteiger partial charge in [0.2, 0.25) is 0 Å². The molecule has 0 aliphatic carbocycles. The summed E-state index contributed by atoms with van der Waals surface area (Å²) in [4.78, 5) is 13.2. The minimum absolute atomic E-state index is 0.0752. The van der Waals surface area contributed by atoms with Crippen molar-refractivity contribution in [1.82, 2.24) is 0 Å². The molecule has 0 spiro atoms. The number of benzene rings is 6. The number of hydrogen-bond acceptors (Lipinski definition) is 2. The van der Waals surface area contributed by atoms with Gasteiger partial charge in [0.1, 0.15) is 12.4 Å². The van der Waals surface area contributed by atoms with E-state index in [4.69, 9.17) is 4.74 Å². The largest absolute Gasteiger partial charge is 0.488 e. The van der Waals surface area contributed by atoms with Crippen LogP contribution in [0.4, 0.5) is 0 Å². The average Bonchev–Trinajstić information content (AvgIpc) is 2.90. The molecule has 0 amide bonds. The molecule has 0 heterocycles. The summed E-state index contributed by atoms with van der Waals surface area (Å²) < 4.78 is 6.00. The zero-order valence-corrected chi connectivity index (χ0v) is 18.6. The van der Waals surface area contributed by atoms with Crippen molar-refractivity contribution >= 4 is 44.2 Å². The third-order valence-electron chi connectivity index (χ3n) is 6.34. The van der Waals surface area contributed by atoms with E-state index in [1.807, 2.05) is 60.7 Å². The van der Waals surface area contributed by atoms with Gasteiger partial charge in [-0.05, 0) is 67.7 Å². The molecule has 2 heteroatoms. The fraction of sp³-hybridized carbons (Fsp3) is 0.0312. The SMILES string of the molecule is O=C(/C=C\c1cc2cccc3ccc4cccc1c4c32)c1ccccc1OCc1ccccc1. The third-order valence-corrected chi connectivity index (χ3v) is 6.34. The molecule has 0 fully saturated rings. The normalized spacial score (nSPS) is 11.6. The lowest BCUT2D eigenvalue weighted by Crippen LogP contribution is -2.02. The molecule has 34 heavy (non-hydrogen) atoms. The lowest BCUT2D eigenvalue weighted by atomic mass is 9.91. The summed E-state index contributed by atoms with van der Waals surface area (Å²) in [7, 11) is 0. The van der Waals surface area contributed by atoms with Crippen molar-refractivity contribution in [1.29, 1.82) is 0 Å². The van der Waals surface area contributed by atoms with Crippen molar-refractivity contribution in [2.45, 2.75) is 6.61 Å². The van der Waals surface area contributed by atoms with Gasteiger partial charge in [-0.1, -0.05) is 97.1 Å². The minimum atomic E-state index is -0.0752. The van der Waals surface area contributed by atoms with E-state index in [-0.39, 0.29) is 5.78 Å². The van der Waals surface area contributed by atoms with Crippen LogP contribution in [0.3, 0.4) is 0 Å². The number of hydrogen-bond donors (Lipinski definition) is 0. The molecule has 0 saturated heterocycles. The van der Waals surface area contributed by atoms with Gasteiger partial charge in [0.15, 0.2) is 5.78 Å². The highest BCUT2D eigenvalue weighted by Crippen LogP contribution is 2.37. The van der Waals surface area contributed by atoms with Crippen molar-refractivity contribution in [2.75, 3.05) is 0 Å². The van der Waals surface area contributed by atoms with Crippen LogP contribution in [0.5, 0.6) is 5.75 Å². The predicted octanol–water partition coefficient (Wildman–Crippen LogP) is 8.06. The fourth-order valence-corrected chi connectivity index (χ4v) is 4.71. The second kappa shape index (κ2) is 8.49. The van der Waals surface area contributed by atoms with Crippen LogP contribution in [0.1, 0.15) is 21.5 Å². The highest BCUT2D eigenvalue weighted by Gasteiger charge is 2.12. The smallest absolute Gasteiger partial charge is 0.189 e. The molecule has 6 rings (SSSR count). The zero-order valence-electron chi connectivity index (χ0n) is 18.6. The molecule has 0 unspecified atom stereocenters. The van der Waals surface area contributed by atoms with Crippen LogP contribution in [0.2, 0.25) is 0 Å². The molecule has 0 aliphatic heterocycles. The maximum Gasteiger partial charge on any atom is 0.189 e. The summed E-state index contributed by atoms with van der Waals surface area (Å²) in [5.41, 5.74) is 2.66. The molecule has 2 nitrogen and oxygen atoms in total. The Morgan fingerprint density at radius 2 is 1.38 bits per heavy atom. The second-order valence-corrected chi connectivity index (χ2v) is 8.48. The second-order valence-electron chi connectivity index (χ2n) is 8.48. The molecule has 0 radical (unpaired) electrons. The number of carbonyl (C=O) groups is 1. The van der Waals surface area contributed by atoms with E-state index in [9.17, 15) is 4.79 Å². The molecule has 162 valence electrons. The molecular formula is C32H22O2. The van der Waals surface area contributed by atoms with E-state index in [0.717, 1.165) is 16.5 Å². The first-order chi connectivity index (χ1) is 16.8. The summed E-state index contributed by atoms with van der Waals surface area (Å²) in [6, 6.07) is 36.6. The number of ether oxygens (including phenoxy) is 1. The maximum atomic E-state index is 13.2. The highest BCUT2D eigenvalue weighted by molar-refractivity contribution is 6.25. The van der Waals surface area contributed by atoms with Gasteiger partial charge in [0.05, 0.1) is 5.56 Å². The molecule has 0 N–H and O–H groups in total. The summed E-state index contributed by atoms with van der Waals surface area (Å²) in [5.74, 6) is 0.518. The van der Waals surface area contributed by atoms with E-state index < -0.39 is 0 Å². The Kier molecular flexibility index (Phi) is 5.04. The Hall–Kier alpha value is -4.43. The Morgan fingerprint density at radius 1 is 0.676 bits per heavy atom. The van der Waals surface area contributed by atoms with Crippen molar-refractivity contribution in [3.63, 3.8) is 0 Å². The van der Waals surface area contributed by atoms with E-state index in [1.165, 1.54) is 26.9 Å². The lowest BCUT2D eigenvalue weighted by molar-refractivity contribution is 0.104. The summed E-state index contributed by atoms with van der Waals surface area (Å²) in [6.07, 6.45) is 3.59. The zero-order chi connectivity index (χ0) is 22.9. The van der Waals surface area contributed by atoms with Crippen LogP contribution in [0, 0.1) is 0 Å². The Bertz CT molecular complexity index is 1660. The van der Waals surface area contributed by atoms with Crippen LogP contribution in [-0.2, 0) is 6.61 Å². The van der Waals surface area contributed by atoms with Crippen LogP contribution < -0.4 is 4.74 Å². The van der Waals surface area contributed by atoms with Gasteiger partial charge in [-0.15, -0.1) is 0 Å². The van der Waals surface area contributed by atoms with Gasteiger partial charge in [-0.2, -0.15) is 0 Å². The quantitative estimate of drug-likeness (QED) is 0.149. The molecule has 0 aromatic heterocycles. The first kappa shape index (κ1) is 20.2. The number of ketones is 1. The molecule has 0 aliphatic rings. The van der Waals surface area contributed by atoms with Gasteiger partial charge in [0, 0.05) is 0 Å². The Balaban J connectivity index is 1.36. The van der Waals surface area contributed by atoms with Crippen LogP contribution in [-0.4, -0.2) is 5.78 Å². The van der Waals surface area contributed by atoms with Gasteiger partial charge in [-0.3, -0.25) is 4.79 Å². The monoisotopic (exact) mass is 438 g/mol. The van der Waals surface area contributed by atoms with Crippen LogP contribution >= 0.6 is 0 Å². The fourth-order valence-electron chi connectivity index (χ4n) is 4.71. The van der Waals surface area contributed by atoms with Gasteiger partial charge in [0.25, 0.3) is 0 Å². The van der Waals surface area contributed by atoms with Crippen LogP contribution in [0.15, 0.2) is 115 Å². The number of para-hydroxylation sites is 1. The van der Waals surface area contributed by atoms with E-state index in [0.29, 0.717) is 17.9 Å². The summed E-state index contributed by atoms with van der Waals surface area (Å²) in [5, 5.41) is 7.30. The Morgan fingerprint density at radius 3 is 2.24 bits per heavy atom. The van der Waals surface area contributed by atoms with Crippen LogP contribution in [0.25, 0.3) is 38.4 Å². The predicted molar refractivity (Wildman–Crippen MR) is 141 cm³/mol. The minimum Gasteiger partial charge on any atom is -0.488 e.